The maximum absolute atomic E-state index is 8.53. The van der Waals surface area contributed by atoms with Crippen LogP contribution in [0.25, 0.3) is 10.4 Å². The van der Waals surface area contributed by atoms with E-state index < -0.39 is 0 Å². The summed E-state index contributed by atoms with van der Waals surface area (Å²) in [4.78, 5) is 2.89. The summed E-state index contributed by atoms with van der Waals surface area (Å²) in [5.41, 5.74) is 9.56. The van der Waals surface area contributed by atoms with Gasteiger partial charge in [-0.2, -0.15) is 0 Å². The lowest BCUT2D eigenvalue weighted by atomic mass is 9.96. The van der Waals surface area contributed by atoms with Crippen LogP contribution in [0.2, 0.25) is 0 Å². The van der Waals surface area contributed by atoms with E-state index in [-0.39, 0.29) is 12.0 Å². The molecule has 0 bridgehead atoms. The molecular weight excluding hydrogens is 190 g/mol. The van der Waals surface area contributed by atoms with Crippen molar-refractivity contribution in [3.63, 3.8) is 0 Å². The number of ether oxygens (including phenoxy) is 1. The summed E-state index contributed by atoms with van der Waals surface area (Å²) in [6, 6.07) is 9.59. The van der Waals surface area contributed by atoms with Crippen LogP contribution in [0.4, 0.5) is 0 Å². The van der Waals surface area contributed by atoms with Gasteiger partial charge in [-0.3, -0.25) is 0 Å². The summed E-state index contributed by atoms with van der Waals surface area (Å²) in [7, 11) is 1.65. The van der Waals surface area contributed by atoms with Crippen molar-refractivity contribution >= 4 is 0 Å². The van der Waals surface area contributed by atoms with Crippen molar-refractivity contribution in [2.24, 2.45) is 11.0 Å². The molecule has 4 heteroatoms. The molecule has 0 N–H and O–H groups in total. The summed E-state index contributed by atoms with van der Waals surface area (Å²) in [6.45, 7) is 2.59. The Kier molecular flexibility index (Phi) is 4.68. The number of rotatable bonds is 5. The van der Waals surface area contributed by atoms with E-state index in [0.717, 1.165) is 5.56 Å². The van der Waals surface area contributed by atoms with Crippen LogP contribution in [0, 0.1) is 5.92 Å². The zero-order valence-electron chi connectivity index (χ0n) is 9.00. The quantitative estimate of drug-likeness (QED) is 0.413. The van der Waals surface area contributed by atoms with Gasteiger partial charge in [0.25, 0.3) is 0 Å². The van der Waals surface area contributed by atoms with Gasteiger partial charge in [-0.1, -0.05) is 42.4 Å². The van der Waals surface area contributed by atoms with E-state index in [0.29, 0.717) is 6.61 Å². The molecule has 15 heavy (non-hydrogen) atoms. The zero-order valence-corrected chi connectivity index (χ0v) is 9.00. The van der Waals surface area contributed by atoms with E-state index in [4.69, 9.17) is 10.3 Å². The second kappa shape index (κ2) is 6.06. The lowest BCUT2D eigenvalue weighted by Gasteiger charge is -2.18. The van der Waals surface area contributed by atoms with Crippen LogP contribution in [0.5, 0.6) is 0 Å². The van der Waals surface area contributed by atoms with Crippen molar-refractivity contribution in [2.75, 3.05) is 13.7 Å². The molecule has 0 amide bonds. The average molecular weight is 205 g/mol. The van der Waals surface area contributed by atoms with Gasteiger partial charge in [0.1, 0.15) is 0 Å². The molecule has 0 fully saturated rings. The van der Waals surface area contributed by atoms with Gasteiger partial charge in [0, 0.05) is 18.6 Å². The van der Waals surface area contributed by atoms with E-state index in [1.165, 1.54) is 0 Å². The molecule has 0 spiro atoms. The monoisotopic (exact) mass is 205 g/mol. The van der Waals surface area contributed by atoms with E-state index in [1.54, 1.807) is 7.11 Å². The molecule has 4 nitrogen and oxygen atoms in total. The molecule has 0 saturated heterocycles. The Bertz CT molecular complexity index is 333. The van der Waals surface area contributed by atoms with Gasteiger partial charge in [0.15, 0.2) is 0 Å². The summed E-state index contributed by atoms with van der Waals surface area (Å²) in [6.07, 6.45) is 0. The summed E-state index contributed by atoms with van der Waals surface area (Å²) < 4.78 is 5.07. The Morgan fingerprint density at radius 3 is 2.60 bits per heavy atom. The van der Waals surface area contributed by atoms with Gasteiger partial charge >= 0.3 is 0 Å². The molecule has 0 radical (unpaired) electrons. The van der Waals surface area contributed by atoms with Gasteiger partial charge in [-0.25, -0.2) is 0 Å². The normalized spacial score (nSPS) is 14.0. The topological polar surface area (TPSA) is 58.0 Å². The maximum atomic E-state index is 8.53. The number of benzene rings is 1. The molecule has 1 aromatic carbocycles. The van der Waals surface area contributed by atoms with Gasteiger partial charge in [0.2, 0.25) is 0 Å². The highest BCUT2D eigenvalue weighted by Crippen LogP contribution is 2.26. The maximum Gasteiger partial charge on any atom is 0.0672 e. The first-order valence-electron chi connectivity index (χ1n) is 4.87. The van der Waals surface area contributed by atoms with E-state index >= 15 is 0 Å². The van der Waals surface area contributed by atoms with Gasteiger partial charge in [0.05, 0.1) is 6.04 Å². The fourth-order valence-electron chi connectivity index (χ4n) is 1.57. The van der Waals surface area contributed by atoms with Crippen LogP contribution >= 0.6 is 0 Å². The Morgan fingerprint density at radius 1 is 1.40 bits per heavy atom. The minimum Gasteiger partial charge on any atom is -0.384 e. The Morgan fingerprint density at radius 2 is 2.07 bits per heavy atom. The molecule has 0 aromatic heterocycles. The first-order valence-corrected chi connectivity index (χ1v) is 4.87. The predicted molar refractivity (Wildman–Crippen MR) is 59.4 cm³/mol. The molecule has 0 saturated carbocycles. The van der Waals surface area contributed by atoms with Crippen molar-refractivity contribution in [1.29, 1.82) is 0 Å². The molecule has 0 heterocycles. The van der Waals surface area contributed by atoms with E-state index in [9.17, 15) is 0 Å². The molecule has 80 valence electrons. The Balaban J connectivity index is 2.87. The van der Waals surface area contributed by atoms with Crippen molar-refractivity contribution in [2.45, 2.75) is 13.0 Å². The van der Waals surface area contributed by atoms with Crippen LogP contribution < -0.4 is 0 Å². The average Bonchev–Trinajstić information content (AvgIpc) is 2.27. The number of azide groups is 1. The first-order chi connectivity index (χ1) is 7.29. The third-order valence-electron chi connectivity index (χ3n) is 2.29. The van der Waals surface area contributed by atoms with E-state index in [1.807, 2.05) is 37.3 Å². The van der Waals surface area contributed by atoms with Crippen molar-refractivity contribution in [3.8, 4) is 0 Å². The van der Waals surface area contributed by atoms with Crippen LogP contribution in [0.1, 0.15) is 18.5 Å². The van der Waals surface area contributed by atoms with Crippen LogP contribution in [-0.4, -0.2) is 13.7 Å². The summed E-state index contributed by atoms with van der Waals surface area (Å²) >= 11 is 0. The molecule has 0 aliphatic heterocycles. The largest absolute Gasteiger partial charge is 0.384 e. The first kappa shape index (κ1) is 11.6. The van der Waals surface area contributed by atoms with Crippen molar-refractivity contribution < 1.29 is 4.74 Å². The molecule has 0 unspecified atom stereocenters. The molecule has 2 atom stereocenters. The Hall–Kier alpha value is -1.51. The second-order valence-electron chi connectivity index (χ2n) is 3.49. The highest BCUT2D eigenvalue weighted by molar-refractivity contribution is 5.19. The van der Waals surface area contributed by atoms with Gasteiger partial charge < -0.3 is 4.74 Å². The predicted octanol–water partition coefficient (Wildman–Crippen LogP) is 3.32. The number of hydrogen-bond acceptors (Lipinski definition) is 2. The molecule has 0 aliphatic rings. The highest BCUT2D eigenvalue weighted by atomic mass is 16.5. The van der Waals surface area contributed by atoms with Gasteiger partial charge in [-0.15, -0.1) is 0 Å². The molecule has 0 aliphatic carbocycles. The van der Waals surface area contributed by atoms with Crippen molar-refractivity contribution in [1.82, 2.24) is 0 Å². The molecule has 1 rings (SSSR count). The lowest BCUT2D eigenvalue weighted by Crippen LogP contribution is -2.12. The van der Waals surface area contributed by atoms with Crippen molar-refractivity contribution in [3.05, 3.63) is 46.3 Å². The van der Waals surface area contributed by atoms with Crippen LogP contribution in [0.3, 0.4) is 0 Å². The Labute approximate surface area is 89.5 Å². The number of nitrogens with zero attached hydrogens (tertiary/aromatic N) is 3. The highest BCUT2D eigenvalue weighted by Gasteiger charge is 2.17. The fraction of sp³-hybridized carbons (Fsp3) is 0.455. The minimum atomic E-state index is -0.156. The minimum absolute atomic E-state index is 0.156. The standard InChI is InChI=1S/C11H15N3O/c1-9(8-15-2)11(13-14-12)10-6-4-3-5-7-10/h3-7,9,11H,8H2,1-2H3/t9-,11-/m0/s1. The fourth-order valence-corrected chi connectivity index (χ4v) is 1.57. The number of methoxy groups -OCH3 is 1. The smallest absolute Gasteiger partial charge is 0.0672 e. The summed E-state index contributed by atoms with van der Waals surface area (Å²) in [5, 5.41) is 3.81. The lowest BCUT2D eigenvalue weighted by molar-refractivity contribution is 0.147. The van der Waals surface area contributed by atoms with Crippen LogP contribution in [-0.2, 0) is 4.74 Å². The second-order valence-corrected chi connectivity index (χ2v) is 3.49. The van der Waals surface area contributed by atoms with Crippen LogP contribution in [0.15, 0.2) is 35.4 Å². The number of hydrogen-bond donors (Lipinski definition) is 0. The van der Waals surface area contributed by atoms with Gasteiger partial charge in [-0.05, 0) is 17.0 Å². The molecule has 1 aromatic rings. The SMILES string of the molecule is COC[C@H](C)[C@H](N=[N+]=[N-])c1ccccc1. The van der Waals surface area contributed by atoms with E-state index in [2.05, 4.69) is 10.0 Å². The third kappa shape index (κ3) is 3.27. The summed E-state index contributed by atoms with van der Waals surface area (Å²) in [5.74, 6) is 0.174. The zero-order chi connectivity index (χ0) is 11.1. The third-order valence-corrected chi connectivity index (χ3v) is 2.29. The molecular formula is C11H15N3O.